The van der Waals surface area contributed by atoms with Crippen LogP contribution in [0.1, 0.15) is 6.92 Å². The maximum absolute atomic E-state index is 11.5. The summed E-state index contributed by atoms with van der Waals surface area (Å²) in [5.74, 6) is -0.449. The number of nitrogens with zero attached hydrogens (tertiary/aromatic N) is 1. The van der Waals surface area contributed by atoms with E-state index in [1.165, 1.54) is 0 Å². The summed E-state index contributed by atoms with van der Waals surface area (Å²) in [4.78, 5) is 27.8. The van der Waals surface area contributed by atoms with Crippen LogP contribution in [0.3, 0.4) is 0 Å². The van der Waals surface area contributed by atoms with E-state index in [0.29, 0.717) is 10.7 Å². The fourth-order valence-corrected chi connectivity index (χ4v) is 1.39. The van der Waals surface area contributed by atoms with E-state index in [1.54, 1.807) is 31.2 Å². The predicted molar refractivity (Wildman–Crippen MR) is 58.0 cm³/mol. The van der Waals surface area contributed by atoms with Crippen LogP contribution < -0.4 is 10.4 Å². The molecule has 2 rings (SSSR count). The molecular weight excluding hydrogens is 232 g/mol. The van der Waals surface area contributed by atoms with Crippen molar-refractivity contribution in [3.8, 4) is 0 Å². The molecule has 1 aliphatic rings. The quantitative estimate of drug-likeness (QED) is 0.813. The number of hydrogen-bond donors (Lipinski definition) is 1. The van der Waals surface area contributed by atoms with Crippen molar-refractivity contribution in [2.75, 3.05) is 5.06 Å². The Morgan fingerprint density at radius 3 is 2.56 bits per heavy atom. The summed E-state index contributed by atoms with van der Waals surface area (Å²) in [6.07, 6.45) is -0.701. The summed E-state index contributed by atoms with van der Waals surface area (Å²) >= 11 is 5.72. The van der Waals surface area contributed by atoms with Gasteiger partial charge in [-0.05, 0) is 31.2 Å². The number of hydroxylamine groups is 1. The Morgan fingerprint density at radius 1 is 1.31 bits per heavy atom. The Hall–Kier alpha value is -1.59. The summed E-state index contributed by atoms with van der Waals surface area (Å²) in [5.41, 5.74) is 0.515. The Kier molecular flexibility index (Phi) is 2.80. The van der Waals surface area contributed by atoms with Crippen LogP contribution in [0.5, 0.6) is 0 Å². The first-order valence-corrected chi connectivity index (χ1v) is 5.03. The van der Waals surface area contributed by atoms with E-state index < -0.39 is 18.0 Å². The highest BCUT2D eigenvalue weighted by Crippen LogP contribution is 2.20. The summed E-state index contributed by atoms with van der Waals surface area (Å²) in [5, 5.41) is 3.77. The van der Waals surface area contributed by atoms with Crippen molar-refractivity contribution in [2.24, 2.45) is 0 Å². The van der Waals surface area contributed by atoms with Crippen molar-refractivity contribution in [3.63, 3.8) is 0 Å². The van der Waals surface area contributed by atoms with Crippen molar-refractivity contribution in [1.29, 1.82) is 0 Å². The smallest absolute Gasteiger partial charge is 0.273 e. The van der Waals surface area contributed by atoms with Gasteiger partial charge in [-0.2, -0.15) is 5.06 Å². The van der Waals surface area contributed by atoms with E-state index in [4.69, 9.17) is 16.4 Å². The van der Waals surface area contributed by atoms with Crippen LogP contribution in [0.15, 0.2) is 24.3 Å². The summed E-state index contributed by atoms with van der Waals surface area (Å²) in [7, 11) is 0. The lowest BCUT2D eigenvalue weighted by molar-refractivity contribution is -0.133. The van der Waals surface area contributed by atoms with E-state index >= 15 is 0 Å². The van der Waals surface area contributed by atoms with Gasteiger partial charge in [0.2, 0.25) is 0 Å². The molecule has 0 bridgehead atoms. The molecule has 0 radical (unpaired) electrons. The highest BCUT2D eigenvalue weighted by Gasteiger charge is 2.31. The number of urea groups is 1. The minimum atomic E-state index is -0.701. The number of rotatable bonds is 1. The van der Waals surface area contributed by atoms with Crippen LogP contribution >= 0.6 is 11.6 Å². The lowest BCUT2D eigenvalue weighted by atomic mass is 10.3. The first-order chi connectivity index (χ1) is 7.58. The standard InChI is InChI=1S/C10H9ClN2O3/c1-6-9(14)12-10(15)13(16-6)8-4-2-7(11)3-5-8/h2-6H,1H3,(H,12,14,15)/t6-/m0/s1. The number of benzene rings is 1. The molecule has 16 heavy (non-hydrogen) atoms. The minimum absolute atomic E-state index is 0.449. The third-order valence-corrected chi connectivity index (χ3v) is 2.36. The zero-order valence-corrected chi connectivity index (χ0v) is 9.19. The average Bonchev–Trinajstić information content (AvgIpc) is 2.25. The zero-order valence-electron chi connectivity index (χ0n) is 8.44. The summed E-state index contributed by atoms with van der Waals surface area (Å²) in [6.45, 7) is 1.56. The Balaban J connectivity index is 2.24. The van der Waals surface area contributed by atoms with Crippen LogP contribution in [-0.2, 0) is 9.63 Å². The molecule has 0 aromatic heterocycles. The second kappa shape index (κ2) is 4.11. The van der Waals surface area contributed by atoms with Gasteiger partial charge < -0.3 is 0 Å². The number of nitrogens with one attached hydrogen (secondary N) is 1. The van der Waals surface area contributed by atoms with Crippen molar-refractivity contribution < 1.29 is 14.4 Å². The molecule has 1 heterocycles. The minimum Gasteiger partial charge on any atom is -0.273 e. The van der Waals surface area contributed by atoms with Gasteiger partial charge in [-0.3, -0.25) is 14.9 Å². The number of halogens is 1. The van der Waals surface area contributed by atoms with E-state index in [-0.39, 0.29) is 0 Å². The molecule has 1 atom stereocenters. The molecule has 1 aromatic rings. The molecule has 0 spiro atoms. The highest BCUT2D eigenvalue weighted by molar-refractivity contribution is 6.30. The largest absolute Gasteiger partial charge is 0.352 e. The van der Waals surface area contributed by atoms with Gasteiger partial charge in [0.1, 0.15) is 0 Å². The Morgan fingerprint density at radius 2 is 1.94 bits per heavy atom. The van der Waals surface area contributed by atoms with Gasteiger partial charge in [0.05, 0.1) is 5.69 Å². The molecule has 1 saturated heterocycles. The molecule has 0 unspecified atom stereocenters. The van der Waals surface area contributed by atoms with E-state index in [0.717, 1.165) is 5.06 Å². The third-order valence-electron chi connectivity index (χ3n) is 2.11. The van der Waals surface area contributed by atoms with Crippen molar-refractivity contribution in [3.05, 3.63) is 29.3 Å². The Bertz CT molecular complexity index is 432. The fraction of sp³-hybridized carbons (Fsp3) is 0.200. The lowest BCUT2D eigenvalue weighted by Gasteiger charge is -2.29. The molecule has 1 fully saturated rings. The molecular formula is C10H9ClN2O3. The molecule has 6 heteroatoms. The Labute approximate surface area is 96.9 Å². The number of carbonyl (C=O) groups is 2. The molecule has 0 aliphatic carbocycles. The number of imide groups is 1. The third kappa shape index (κ3) is 2.00. The zero-order chi connectivity index (χ0) is 11.7. The van der Waals surface area contributed by atoms with Crippen molar-refractivity contribution in [2.45, 2.75) is 13.0 Å². The number of anilines is 1. The predicted octanol–water partition coefficient (Wildman–Crippen LogP) is 1.72. The number of hydrogen-bond acceptors (Lipinski definition) is 3. The van der Waals surface area contributed by atoms with Crippen molar-refractivity contribution >= 4 is 29.2 Å². The average molecular weight is 241 g/mol. The topological polar surface area (TPSA) is 58.6 Å². The first-order valence-electron chi connectivity index (χ1n) is 4.65. The molecule has 84 valence electrons. The van der Waals surface area contributed by atoms with E-state index in [9.17, 15) is 9.59 Å². The SMILES string of the molecule is C[C@@H]1ON(c2ccc(Cl)cc2)C(=O)NC1=O. The van der Waals surface area contributed by atoms with Crippen molar-refractivity contribution in [1.82, 2.24) is 5.32 Å². The van der Waals surface area contributed by atoms with Gasteiger partial charge in [-0.1, -0.05) is 11.6 Å². The van der Waals surface area contributed by atoms with Gasteiger partial charge in [-0.15, -0.1) is 0 Å². The van der Waals surface area contributed by atoms with Crippen LogP contribution in [0.2, 0.25) is 5.02 Å². The second-order valence-electron chi connectivity index (χ2n) is 3.31. The molecule has 5 nitrogen and oxygen atoms in total. The molecule has 1 aromatic carbocycles. The number of amides is 3. The maximum Gasteiger partial charge on any atom is 0.352 e. The first kappa shape index (κ1) is 10.9. The van der Waals surface area contributed by atoms with E-state index in [1.807, 2.05) is 0 Å². The lowest BCUT2D eigenvalue weighted by Crippen LogP contribution is -2.54. The highest BCUT2D eigenvalue weighted by atomic mass is 35.5. The molecule has 1 aliphatic heterocycles. The normalized spacial score (nSPS) is 20.9. The molecule has 0 saturated carbocycles. The van der Waals surface area contributed by atoms with Gasteiger partial charge in [0.25, 0.3) is 5.91 Å². The molecule has 3 amide bonds. The van der Waals surface area contributed by atoms with Crippen LogP contribution in [0, 0.1) is 0 Å². The van der Waals surface area contributed by atoms with E-state index in [2.05, 4.69) is 5.32 Å². The number of carbonyl (C=O) groups excluding carboxylic acids is 2. The van der Waals surface area contributed by atoms with Crippen LogP contribution in [0.25, 0.3) is 0 Å². The summed E-state index contributed by atoms with van der Waals surface area (Å²) in [6, 6.07) is 5.92. The maximum atomic E-state index is 11.5. The fourth-order valence-electron chi connectivity index (χ4n) is 1.27. The van der Waals surface area contributed by atoms with Crippen LogP contribution in [-0.4, -0.2) is 18.0 Å². The van der Waals surface area contributed by atoms with Gasteiger partial charge in [0, 0.05) is 5.02 Å². The second-order valence-corrected chi connectivity index (χ2v) is 3.75. The monoisotopic (exact) mass is 240 g/mol. The van der Waals surface area contributed by atoms with Crippen LogP contribution in [0.4, 0.5) is 10.5 Å². The van der Waals surface area contributed by atoms with Gasteiger partial charge in [0.15, 0.2) is 6.10 Å². The summed E-state index contributed by atoms with van der Waals surface area (Å²) < 4.78 is 0. The van der Waals surface area contributed by atoms with Gasteiger partial charge in [-0.25, -0.2) is 4.79 Å². The molecule has 1 N–H and O–H groups in total. The van der Waals surface area contributed by atoms with Gasteiger partial charge >= 0.3 is 6.03 Å².